The number of pyridine rings is 1. The molecule has 0 radical (unpaired) electrons. The number of anilines is 1. The van der Waals surface area contributed by atoms with Crippen molar-refractivity contribution >= 4 is 28.3 Å². The third-order valence-electron chi connectivity index (χ3n) is 2.57. The monoisotopic (exact) mass is 252 g/mol. The highest BCUT2D eigenvalue weighted by Crippen LogP contribution is 2.25. The first kappa shape index (κ1) is 12.1. The quantitative estimate of drug-likeness (QED) is 0.887. The van der Waals surface area contributed by atoms with Gasteiger partial charge in [-0.15, -0.1) is 0 Å². The maximum atomic E-state index is 13.7. The zero-order chi connectivity index (χ0) is 12.4. The number of benzene rings is 1. The van der Waals surface area contributed by atoms with Crippen LogP contribution in [0.15, 0.2) is 18.2 Å². The minimum Gasteiger partial charge on any atom is -0.370 e. The van der Waals surface area contributed by atoms with Crippen molar-refractivity contribution < 1.29 is 4.39 Å². The van der Waals surface area contributed by atoms with Crippen LogP contribution in [0.5, 0.6) is 0 Å². The summed E-state index contributed by atoms with van der Waals surface area (Å²) in [7, 11) is 0. The van der Waals surface area contributed by atoms with Crippen LogP contribution in [0.3, 0.4) is 0 Å². The molecule has 0 bridgehead atoms. The Balaban J connectivity index is 2.55. The van der Waals surface area contributed by atoms with Crippen LogP contribution in [0.4, 0.5) is 10.2 Å². The van der Waals surface area contributed by atoms with Gasteiger partial charge in [-0.05, 0) is 37.1 Å². The lowest BCUT2D eigenvalue weighted by molar-refractivity contribution is 0.637. The molecular formula is C13H14ClFN2. The molecule has 1 heterocycles. The fraction of sp³-hybridized carbons (Fsp3) is 0.308. The summed E-state index contributed by atoms with van der Waals surface area (Å²) in [6, 6.07) is 4.91. The van der Waals surface area contributed by atoms with Crippen molar-refractivity contribution in [1.29, 1.82) is 0 Å². The van der Waals surface area contributed by atoms with E-state index in [1.54, 1.807) is 6.07 Å². The number of hydrogen-bond donors (Lipinski definition) is 1. The molecule has 1 aromatic carbocycles. The van der Waals surface area contributed by atoms with Crippen LogP contribution >= 0.6 is 11.6 Å². The highest BCUT2D eigenvalue weighted by molar-refractivity contribution is 6.31. The van der Waals surface area contributed by atoms with Gasteiger partial charge < -0.3 is 5.32 Å². The largest absolute Gasteiger partial charge is 0.370 e. The maximum Gasteiger partial charge on any atom is 0.150 e. The predicted octanol–water partition coefficient (Wildman–Crippen LogP) is 4.16. The summed E-state index contributed by atoms with van der Waals surface area (Å²) in [5, 5.41) is 4.31. The molecule has 0 amide bonds. The third-order valence-corrected chi connectivity index (χ3v) is 2.79. The normalized spacial score (nSPS) is 10.8. The average molecular weight is 253 g/mol. The molecule has 0 aliphatic carbocycles. The zero-order valence-electron chi connectivity index (χ0n) is 9.85. The third kappa shape index (κ3) is 2.50. The van der Waals surface area contributed by atoms with Gasteiger partial charge >= 0.3 is 0 Å². The Morgan fingerprint density at radius 2 is 2.12 bits per heavy atom. The van der Waals surface area contributed by atoms with E-state index < -0.39 is 0 Å². The van der Waals surface area contributed by atoms with Crippen LogP contribution in [0.25, 0.3) is 10.9 Å². The molecule has 0 atom stereocenters. The zero-order valence-corrected chi connectivity index (χ0v) is 10.6. The van der Waals surface area contributed by atoms with E-state index in [4.69, 9.17) is 11.6 Å². The fourth-order valence-corrected chi connectivity index (χ4v) is 1.95. The summed E-state index contributed by atoms with van der Waals surface area (Å²) < 4.78 is 13.7. The van der Waals surface area contributed by atoms with Crippen LogP contribution in [0.1, 0.15) is 18.9 Å². The molecule has 1 N–H and O–H groups in total. The van der Waals surface area contributed by atoms with Crippen molar-refractivity contribution in [3.8, 4) is 0 Å². The first-order valence-corrected chi connectivity index (χ1v) is 6.00. The molecule has 0 aliphatic heterocycles. The number of rotatable bonds is 3. The second-order valence-corrected chi connectivity index (χ2v) is 4.48. The van der Waals surface area contributed by atoms with E-state index in [9.17, 15) is 4.39 Å². The molecule has 17 heavy (non-hydrogen) atoms. The molecule has 0 unspecified atom stereocenters. The van der Waals surface area contributed by atoms with Gasteiger partial charge in [0.15, 0.2) is 5.82 Å². The lowest BCUT2D eigenvalue weighted by Gasteiger charge is -2.09. The molecule has 0 fully saturated rings. The summed E-state index contributed by atoms with van der Waals surface area (Å²) >= 11 is 5.82. The number of aromatic nitrogens is 1. The Hall–Kier alpha value is -1.35. The van der Waals surface area contributed by atoms with Gasteiger partial charge in [0.25, 0.3) is 0 Å². The number of hydrogen-bond acceptors (Lipinski definition) is 2. The van der Waals surface area contributed by atoms with Gasteiger partial charge in [-0.25, -0.2) is 9.37 Å². The van der Waals surface area contributed by atoms with Crippen LogP contribution in [-0.2, 0) is 0 Å². The van der Waals surface area contributed by atoms with Crippen LogP contribution in [-0.4, -0.2) is 11.5 Å². The number of fused-ring (bicyclic) bond motifs is 1. The molecule has 2 aromatic rings. The standard InChI is InChI=1S/C13H14ClFN2/c1-3-4-16-13-8(2)5-9-6-10(14)7-11(15)12(9)17-13/h5-7H,3-4H2,1-2H3,(H,16,17). The van der Waals surface area contributed by atoms with E-state index in [1.807, 2.05) is 13.0 Å². The SMILES string of the molecule is CCCNc1nc2c(F)cc(Cl)cc2cc1C. The van der Waals surface area contributed by atoms with E-state index in [2.05, 4.69) is 17.2 Å². The van der Waals surface area contributed by atoms with E-state index in [1.165, 1.54) is 6.07 Å². The minimum absolute atomic E-state index is 0.360. The van der Waals surface area contributed by atoms with E-state index in [0.717, 1.165) is 29.7 Å². The molecule has 2 nitrogen and oxygen atoms in total. The van der Waals surface area contributed by atoms with Gasteiger partial charge in [-0.3, -0.25) is 0 Å². The molecule has 4 heteroatoms. The molecule has 1 aromatic heterocycles. The Morgan fingerprint density at radius 1 is 1.35 bits per heavy atom. The highest BCUT2D eigenvalue weighted by atomic mass is 35.5. The Kier molecular flexibility index (Phi) is 3.48. The summed E-state index contributed by atoms with van der Waals surface area (Å²) in [5.74, 6) is 0.354. The number of nitrogens with zero attached hydrogens (tertiary/aromatic N) is 1. The second kappa shape index (κ2) is 4.88. The van der Waals surface area contributed by atoms with Gasteiger partial charge in [-0.1, -0.05) is 18.5 Å². The van der Waals surface area contributed by atoms with Crippen molar-refractivity contribution in [2.24, 2.45) is 0 Å². The second-order valence-electron chi connectivity index (χ2n) is 4.04. The van der Waals surface area contributed by atoms with Crippen LogP contribution in [0, 0.1) is 12.7 Å². The maximum absolute atomic E-state index is 13.7. The van der Waals surface area contributed by atoms with Crippen molar-refractivity contribution in [2.45, 2.75) is 20.3 Å². The van der Waals surface area contributed by atoms with Crippen LogP contribution in [0.2, 0.25) is 5.02 Å². The molecule has 90 valence electrons. The molecule has 0 saturated carbocycles. The molecule has 0 spiro atoms. The first-order valence-electron chi connectivity index (χ1n) is 5.62. The fourth-order valence-electron chi connectivity index (χ4n) is 1.74. The number of aryl methyl sites for hydroxylation is 1. The van der Waals surface area contributed by atoms with E-state index in [0.29, 0.717) is 10.5 Å². The van der Waals surface area contributed by atoms with E-state index >= 15 is 0 Å². The van der Waals surface area contributed by atoms with Crippen molar-refractivity contribution in [3.05, 3.63) is 34.6 Å². The predicted molar refractivity (Wildman–Crippen MR) is 70.2 cm³/mol. The van der Waals surface area contributed by atoms with Crippen LogP contribution < -0.4 is 5.32 Å². The van der Waals surface area contributed by atoms with Crippen molar-refractivity contribution in [2.75, 3.05) is 11.9 Å². The molecule has 0 aliphatic rings. The summed E-state index contributed by atoms with van der Waals surface area (Å²) in [6.07, 6.45) is 1.00. The average Bonchev–Trinajstić information content (AvgIpc) is 2.26. The number of nitrogens with one attached hydrogen (secondary N) is 1. The van der Waals surface area contributed by atoms with Crippen molar-refractivity contribution in [1.82, 2.24) is 4.98 Å². The Morgan fingerprint density at radius 3 is 2.82 bits per heavy atom. The first-order chi connectivity index (χ1) is 8.11. The van der Waals surface area contributed by atoms with Crippen molar-refractivity contribution in [3.63, 3.8) is 0 Å². The lowest BCUT2D eigenvalue weighted by Crippen LogP contribution is -2.04. The summed E-state index contributed by atoms with van der Waals surface area (Å²) in [5.41, 5.74) is 1.35. The topological polar surface area (TPSA) is 24.9 Å². The lowest BCUT2D eigenvalue weighted by atomic mass is 10.1. The Labute approximate surface area is 105 Å². The molecule has 2 rings (SSSR count). The highest BCUT2D eigenvalue weighted by Gasteiger charge is 2.08. The van der Waals surface area contributed by atoms with Gasteiger partial charge in [0, 0.05) is 17.0 Å². The summed E-state index contributed by atoms with van der Waals surface area (Å²) in [4.78, 5) is 4.31. The van der Waals surface area contributed by atoms with Gasteiger partial charge in [0.2, 0.25) is 0 Å². The van der Waals surface area contributed by atoms with E-state index in [-0.39, 0.29) is 5.82 Å². The molecule has 0 saturated heterocycles. The smallest absolute Gasteiger partial charge is 0.150 e. The molecular weight excluding hydrogens is 239 g/mol. The van der Waals surface area contributed by atoms with Gasteiger partial charge in [0.1, 0.15) is 11.3 Å². The van der Waals surface area contributed by atoms with Gasteiger partial charge in [0.05, 0.1) is 0 Å². The number of halogens is 2. The Bertz CT molecular complexity index is 555. The van der Waals surface area contributed by atoms with Gasteiger partial charge in [-0.2, -0.15) is 0 Å². The summed E-state index contributed by atoms with van der Waals surface area (Å²) in [6.45, 7) is 4.85. The minimum atomic E-state index is -0.382.